The van der Waals surface area contributed by atoms with Gasteiger partial charge in [0, 0.05) is 67.4 Å². The lowest BCUT2D eigenvalue weighted by Gasteiger charge is -2.36. The number of aryl methyl sites for hydroxylation is 2. The molecule has 1 saturated heterocycles. The number of hydrogen-bond donors (Lipinski definition) is 1. The maximum Gasteiger partial charge on any atom is 0.119 e. The van der Waals surface area contributed by atoms with Crippen LogP contribution in [0, 0.1) is 13.8 Å². The van der Waals surface area contributed by atoms with E-state index >= 15 is 0 Å². The molecule has 26 heavy (non-hydrogen) atoms. The summed E-state index contributed by atoms with van der Waals surface area (Å²) in [6, 6.07) is 8.36. The Morgan fingerprint density at radius 3 is 2.65 bits per heavy atom. The fraction of sp³-hybridized carbons (Fsp3) is 0.381. The van der Waals surface area contributed by atoms with Crippen molar-refractivity contribution in [2.75, 3.05) is 38.2 Å². The summed E-state index contributed by atoms with van der Waals surface area (Å²) in [6.45, 7) is 9.54. The first-order valence-corrected chi connectivity index (χ1v) is 9.19. The molecule has 1 fully saturated rings. The fourth-order valence-electron chi connectivity index (χ4n) is 3.84. The average molecular weight is 350 g/mol. The van der Waals surface area contributed by atoms with Gasteiger partial charge >= 0.3 is 0 Å². The molecule has 1 aliphatic rings. The van der Waals surface area contributed by atoms with Crippen LogP contribution in [0.2, 0.25) is 0 Å². The van der Waals surface area contributed by atoms with E-state index in [1.807, 2.05) is 18.5 Å². The molecule has 4 rings (SSSR count). The maximum atomic E-state index is 5.37. The van der Waals surface area contributed by atoms with Crippen LogP contribution < -0.4 is 9.64 Å². The molecule has 2 aromatic heterocycles. The van der Waals surface area contributed by atoms with Crippen LogP contribution >= 0.6 is 0 Å². The van der Waals surface area contributed by atoms with Gasteiger partial charge in [-0.2, -0.15) is 0 Å². The van der Waals surface area contributed by atoms with Crippen LogP contribution in [0.3, 0.4) is 0 Å². The smallest absolute Gasteiger partial charge is 0.119 e. The molecule has 5 nitrogen and oxygen atoms in total. The summed E-state index contributed by atoms with van der Waals surface area (Å²) in [5, 5.41) is 1.25. The van der Waals surface area contributed by atoms with Gasteiger partial charge in [0.1, 0.15) is 5.75 Å². The lowest BCUT2D eigenvalue weighted by molar-refractivity contribution is 0.247. The lowest BCUT2D eigenvalue weighted by Crippen LogP contribution is -2.46. The Morgan fingerprint density at radius 1 is 1.12 bits per heavy atom. The van der Waals surface area contributed by atoms with E-state index in [9.17, 15) is 0 Å². The first-order chi connectivity index (χ1) is 12.7. The summed E-state index contributed by atoms with van der Waals surface area (Å²) >= 11 is 0. The van der Waals surface area contributed by atoms with Gasteiger partial charge < -0.3 is 14.6 Å². The highest BCUT2D eigenvalue weighted by molar-refractivity contribution is 5.85. The van der Waals surface area contributed by atoms with Crippen LogP contribution in [0.15, 0.2) is 36.7 Å². The molecule has 1 N–H and O–H groups in total. The van der Waals surface area contributed by atoms with Crippen molar-refractivity contribution in [3.63, 3.8) is 0 Å². The van der Waals surface area contributed by atoms with Gasteiger partial charge in [0.2, 0.25) is 0 Å². The Morgan fingerprint density at radius 2 is 1.92 bits per heavy atom. The second kappa shape index (κ2) is 7.00. The molecule has 136 valence electrons. The zero-order valence-electron chi connectivity index (χ0n) is 15.7. The molecule has 0 atom stereocenters. The second-order valence-corrected chi connectivity index (χ2v) is 7.07. The first-order valence-electron chi connectivity index (χ1n) is 9.19. The van der Waals surface area contributed by atoms with Gasteiger partial charge in [-0.05, 0) is 49.2 Å². The highest BCUT2D eigenvalue weighted by Crippen LogP contribution is 2.27. The molecule has 5 heteroatoms. The number of rotatable bonds is 4. The highest BCUT2D eigenvalue weighted by atomic mass is 16.5. The van der Waals surface area contributed by atoms with E-state index in [0.717, 1.165) is 38.5 Å². The molecule has 3 aromatic rings. The van der Waals surface area contributed by atoms with Gasteiger partial charge in [-0.3, -0.25) is 9.88 Å². The summed E-state index contributed by atoms with van der Waals surface area (Å²) in [4.78, 5) is 12.8. The molecular formula is C21H26N4O. The van der Waals surface area contributed by atoms with Crippen molar-refractivity contribution in [1.82, 2.24) is 14.9 Å². The van der Waals surface area contributed by atoms with Crippen molar-refractivity contribution in [2.24, 2.45) is 0 Å². The van der Waals surface area contributed by atoms with Crippen LogP contribution in [0.1, 0.15) is 16.8 Å². The monoisotopic (exact) mass is 350 g/mol. The third-order valence-corrected chi connectivity index (χ3v) is 5.45. The molecule has 1 aliphatic heterocycles. The predicted octanol–water partition coefficient (Wildman–Crippen LogP) is 3.51. The number of aromatic amines is 1. The largest absolute Gasteiger partial charge is 0.497 e. The number of aromatic nitrogens is 2. The van der Waals surface area contributed by atoms with Gasteiger partial charge in [-0.1, -0.05) is 0 Å². The number of benzene rings is 1. The molecule has 1 aromatic carbocycles. The van der Waals surface area contributed by atoms with Crippen molar-refractivity contribution in [3.8, 4) is 5.75 Å². The zero-order chi connectivity index (χ0) is 18.1. The number of ether oxygens (including phenoxy) is 1. The lowest BCUT2D eigenvalue weighted by atomic mass is 10.1. The van der Waals surface area contributed by atoms with Gasteiger partial charge in [0.25, 0.3) is 0 Å². The maximum absolute atomic E-state index is 5.37. The summed E-state index contributed by atoms with van der Waals surface area (Å²) in [6.07, 6.45) is 3.83. The van der Waals surface area contributed by atoms with Gasteiger partial charge in [-0.15, -0.1) is 0 Å². The minimum Gasteiger partial charge on any atom is -0.497 e. The highest BCUT2D eigenvalue weighted by Gasteiger charge is 2.20. The van der Waals surface area contributed by atoms with Crippen molar-refractivity contribution < 1.29 is 4.74 Å². The molecule has 0 amide bonds. The number of fused-ring (bicyclic) bond motifs is 1. The van der Waals surface area contributed by atoms with Crippen LogP contribution in [0.4, 0.5) is 5.69 Å². The summed E-state index contributed by atoms with van der Waals surface area (Å²) < 4.78 is 5.37. The molecule has 0 spiro atoms. The summed E-state index contributed by atoms with van der Waals surface area (Å²) in [5.74, 6) is 0.910. The number of nitrogens with zero attached hydrogens (tertiary/aromatic N) is 3. The molecule has 3 heterocycles. The van der Waals surface area contributed by atoms with Crippen LogP contribution in [-0.2, 0) is 6.54 Å². The van der Waals surface area contributed by atoms with E-state index in [0.29, 0.717) is 0 Å². The first kappa shape index (κ1) is 16.9. The van der Waals surface area contributed by atoms with Crippen molar-refractivity contribution in [2.45, 2.75) is 20.4 Å². The SMILES string of the molecule is COc1ccc2[nH]c(CN3CCN(c4ccncc4C)CC3)c(C)c2c1. The van der Waals surface area contributed by atoms with Gasteiger partial charge in [0.05, 0.1) is 7.11 Å². The molecule has 0 aliphatic carbocycles. The number of nitrogens with one attached hydrogen (secondary N) is 1. The van der Waals surface area contributed by atoms with E-state index in [1.54, 1.807) is 7.11 Å². The normalized spacial score (nSPS) is 15.6. The van der Waals surface area contributed by atoms with Crippen LogP contribution in [-0.4, -0.2) is 48.2 Å². The zero-order valence-corrected chi connectivity index (χ0v) is 15.7. The topological polar surface area (TPSA) is 44.4 Å². The number of hydrogen-bond acceptors (Lipinski definition) is 4. The number of anilines is 1. The van der Waals surface area contributed by atoms with Crippen LogP contribution in [0.25, 0.3) is 10.9 Å². The fourth-order valence-corrected chi connectivity index (χ4v) is 3.84. The Balaban J connectivity index is 1.45. The van der Waals surface area contributed by atoms with E-state index in [4.69, 9.17) is 4.74 Å². The number of methoxy groups -OCH3 is 1. The molecule has 0 radical (unpaired) electrons. The van der Waals surface area contributed by atoms with E-state index < -0.39 is 0 Å². The standard InChI is InChI=1S/C21H26N4O/c1-15-13-22-7-6-21(15)25-10-8-24(9-11-25)14-20-16(2)18-12-17(26-3)4-5-19(18)23-20/h4-7,12-13,23H,8-11,14H2,1-3H3. The van der Waals surface area contributed by atoms with Gasteiger partial charge in [-0.25, -0.2) is 0 Å². The molecule has 0 unspecified atom stereocenters. The van der Waals surface area contributed by atoms with Crippen molar-refractivity contribution in [3.05, 3.63) is 53.5 Å². The average Bonchev–Trinajstić information content (AvgIpc) is 2.98. The Bertz CT molecular complexity index is 910. The van der Waals surface area contributed by atoms with Crippen LogP contribution in [0.5, 0.6) is 5.75 Å². The van der Waals surface area contributed by atoms with E-state index in [-0.39, 0.29) is 0 Å². The molecular weight excluding hydrogens is 324 g/mol. The minimum atomic E-state index is 0.910. The summed E-state index contributed by atoms with van der Waals surface area (Å²) in [5.41, 5.74) is 6.38. The number of H-pyrrole nitrogens is 1. The predicted molar refractivity (Wildman–Crippen MR) is 106 cm³/mol. The minimum absolute atomic E-state index is 0.910. The Hall–Kier alpha value is -2.53. The Labute approximate surface area is 154 Å². The van der Waals surface area contributed by atoms with Gasteiger partial charge in [0.15, 0.2) is 0 Å². The second-order valence-electron chi connectivity index (χ2n) is 7.07. The van der Waals surface area contributed by atoms with E-state index in [2.05, 4.69) is 51.8 Å². The summed E-state index contributed by atoms with van der Waals surface area (Å²) in [7, 11) is 1.72. The third-order valence-electron chi connectivity index (χ3n) is 5.45. The number of piperazine rings is 1. The molecule has 0 saturated carbocycles. The Kier molecular flexibility index (Phi) is 4.55. The third kappa shape index (κ3) is 3.15. The van der Waals surface area contributed by atoms with Crippen molar-refractivity contribution >= 4 is 16.6 Å². The molecule has 0 bridgehead atoms. The van der Waals surface area contributed by atoms with Crippen molar-refractivity contribution in [1.29, 1.82) is 0 Å². The number of pyridine rings is 1. The quantitative estimate of drug-likeness (QED) is 0.782. The van der Waals surface area contributed by atoms with E-state index in [1.165, 1.54) is 33.4 Å².